The molecule has 0 radical (unpaired) electrons. The van der Waals surface area contributed by atoms with E-state index in [9.17, 15) is 14.7 Å². The molecule has 150 valence electrons. The van der Waals surface area contributed by atoms with Crippen LogP contribution in [0.15, 0.2) is 17.8 Å². The van der Waals surface area contributed by atoms with Crippen molar-refractivity contribution in [2.75, 3.05) is 26.2 Å². The molecule has 0 bridgehead atoms. The van der Waals surface area contributed by atoms with Gasteiger partial charge in [-0.1, -0.05) is 6.58 Å². The molecule has 2 aliphatic heterocycles. The van der Waals surface area contributed by atoms with Crippen LogP contribution in [0, 0.1) is 17.8 Å². The first kappa shape index (κ1) is 20.0. The van der Waals surface area contributed by atoms with Crippen LogP contribution in [0.3, 0.4) is 0 Å². The number of aliphatic imine (C=N–C) groups is 1. The van der Waals surface area contributed by atoms with Crippen molar-refractivity contribution < 1.29 is 19.4 Å². The standard InChI is InChI=1S/C20H31N3O4/c1-3-21-13(2)19(25)22-16-6-8-23(9-7-16)11-18(24)14-4-5-17-15(10-14)12-27-20(17)26/h3,14-18,24H,1,4-12H2,2H3,(H,22,25)/b21-13+/t14?,15?,17?,18-/m0/s1. The minimum Gasteiger partial charge on any atom is -0.465 e. The summed E-state index contributed by atoms with van der Waals surface area (Å²) in [5.74, 6) is 0.396. The van der Waals surface area contributed by atoms with Gasteiger partial charge in [-0.05, 0) is 44.9 Å². The number of nitrogens with one attached hydrogen (secondary N) is 1. The Morgan fingerprint density at radius 3 is 2.85 bits per heavy atom. The van der Waals surface area contributed by atoms with Gasteiger partial charge in [-0.15, -0.1) is 0 Å². The van der Waals surface area contributed by atoms with Crippen molar-refractivity contribution in [3.63, 3.8) is 0 Å². The molecule has 2 saturated heterocycles. The third-order valence-corrected chi connectivity index (χ3v) is 6.29. The molecule has 4 atom stereocenters. The number of piperidine rings is 1. The molecule has 2 heterocycles. The number of carbonyl (C=O) groups excluding carboxylic acids is 2. The predicted octanol–water partition coefficient (Wildman–Crippen LogP) is 1.12. The summed E-state index contributed by atoms with van der Waals surface area (Å²) in [5.41, 5.74) is 0.424. The number of fused-ring (bicyclic) bond motifs is 1. The molecule has 1 aliphatic carbocycles. The first-order chi connectivity index (χ1) is 13.0. The summed E-state index contributed by atoms with van der Waals surface area (Å²) in [7, 11) is 0. The van der Waals surface area contributed by atoms with E-state index >= 15 is 0 Å². The summed E-state index contributed by atoms with van der Waals surface area (Å²) in [4.78, 5) is 29.9. The maximum Gasteiger partial charge on any atom is 0.309 e. The summed E-state index contributed by atoms with van der Waals surface area (Å²) in [6, 6.07) is 0.151. The topological polar surface area (TPSA) is 91.2 Å². The Kier molecular flexibility index (Phi) is 6.65. The number of aliphatic hydroxyl groups excluding tert-OH is 1. The van der Waals surface area contributed by atoms with E-state index in [1.54, 1.807) is 6.92 Å². The monoisotopic (exact) mass is 377 g/mol. The molecular formula is C20H31N3O4. The van der Waals surface area contributed by atoms with Gasteiger partial charge in [-0.25, -0.2) is 0 Å². The minimum atomic E-state index is -0.366. The Morgan fingerprint density at radius 2 is 2.15 bits per heavy atom. The summed E-state index contributed by atoms with van der Waals surface area (Å²) in [6.07, 6.45) is 5.37. The molecule has 1 amide bonds. The third-order valence-electron chi connectivity index (χ3n) is 6.29. The molecule has 3 rings (SSSR count). The summed E-state index contributed by atoms with van der Waals surface area (Å²) in [6.45, 7) is 8.09. The van der Waals surface area contributed by atoms with Crippen molar-refractivity contribution in [1.82, 2.24) is 10.2 Å². The number of rotatable bonds is 6. The third kappa shape index (κ3) is 4.96. The molecule has 27 heavy (non-hydrogen) atoms. The Labute approximate surface area is 160 Å². The average molecular weight is 377 g/mol. The number of cyclic esters (lactones) is 1. The van der Waals surface area contributed by atoms with Gasteiger partial charge in [0, 0.05) is 37.8 Å². The SMILES string of the molecule is C=C/N=C(\C)C(=O)NC1CCN(C[C@H](O)C2CCC3C(=O)OCC3C2)CC1. The molecule has 7 heteroatoms. The number of carbonyl (C=O) groups is 2. The van der Waals surface area contributed by atoms with Gasteiger partial charge in [0.15, 0.2) is 0 Å². The first-order valence-electron chi connectivity index (χ1n) is 10.0. The van der Waals surface area contributed by atoms with Gasteiger partial charge in [0.05, 0.1) is 18.6 Å². The molecular weight excluding hydrogens is 346 g/mol. The highest BCUT2D eigenvalue weighted by atomic mass is 16.5. The quantitative estimate of drug-likeness (QED) is 0.535. The van der Waals surface area contributed by atoms with Crippen molar-refractivity contribution in [2.24, 2.45) is 22.7 Å². The maximum absolute atomic E-state index is 12.0. The van der Waals surface area contributed by atoms with E-state index in [0.29, 0.717) is 18.9 Å². The largest absolute Gasteiger partial charge is 0.465 e. The molecule has 3 fully saturated rings. The zero-order valence-corrected chi connectivity index (χ0v) is 16.1. The van der Waals surface area contributed by atoms with Crippen LogP contribution < -0.4 is 5.32 Å². The Hall–Kier alpha value is -1.73. The average Bonchev–Trinajstić information content (AvgIpc) is 3.04. The summed E-state index contributed by atoms with van der Waals surface area (Å²) >= 11 is 0. The molecule has 3 aliphatic rings. The van der Waals surface area contributed by atoms with Gasteiger partial charge in [0.25, 0.3) is 5.91 Å². The Bertz CT molecular complexity index is 598. The van der Waals surface area contributed by atoms with E-state index in [1.807, 2.05) is 0 Å². The molecule has 1 saturated carbocycles. The lowest BCUT2D eigenvalue weighted by atomic mass is 9.73. The molecule has 7 nitrogen and oxygen atoms in total. The van der Waals surface area contributed by atoms with E-state index in [0.717, 1.165) is 45.2 Å². The normalized spacial score (nSPS) is 31.1. The zero-order chi connectivity index (χ0) is 19.4. The maximum atomic E-state index is 12.0. The second kappa shape index (κ2) is 8.97. The lowest BCUT2D eigenvalue weighted by molar-refractivity contribution is -0.141. The van der Waals surface area contributed by atoms with Crippen LogP contribution in [-0.4, -0.2) is 66.0 Å². The highest BCUT2D eigenvalue weighted by Gasteiger charge is 2.43. The number of hydrogen-bond acceptors (Lipinski definition) is 6. The van der Waals surface area contributed by atoms with Crippen LogP contribution in [0.25, 0.3) is 0 Å². The van der Waals surface area contributed by atoms with E-state index in [1.165, 1.54) is 6.20 Å². The Balaban J connectivity index is 1.40. The number of esters is 1. The number of ether oxygens (including phenoxy) is 1. The fraction of sp³-hybridized carbons (Fsp3) is 0.750. The van der Waals surface area contributed by atoms with Crippen molar-refractivity contribution >= 4 is 17.6 Å². The first-order valence-corrected chi connectivity index (χ1v) is 10.0. The highest BCUT2D eigenvalue weighted by molar-refractivity contribution is 6.38. The van der Waals surface area contributed by atoms with Gasteiger partial charge in [-0.3, -0.25) is 14.6 Å². The zero-order valence-electron chi connectivity index (χ0n) is 16.1. The van der Waals surface area contributed by atoms with Gasteiger partial charge in [-0.2, -0.15) is 0 Å². The number of hydrogen-bond donors (Lipinski definition) is 2. The van der Waals surface area contributed by atoms with E-state index in [-0.39, 0.29) is 41.8 Å². The minimum absolute atomic E-state index is 0.0505. The molecule has 3 unspecified atom stereocenters. The van der Waals surface area contributed by atoms with E-state index in [2.05, 4.69) is 21.8 Å². The lowest BCUT2D eigenvalue weighted by Gasteiger charge is -2.37. The van der Waals surface area contributed by atoms with Gasteiger partial charge in [0.1, 0.15) is 5.71 Å². The molecule has 0 spiro atoms. The molecule has 0 aromatic rings. The van der Waals surface area contributed by atoms with Crippen molar-refractivity contribution in [2.45, 2.75) is 51.2 Å². The molecule has 0 aromatic heterocycles. The number of amides is 1. The number of aliphatic hydroxyl groups is 1. The van der Waals surface area contributed by atoms with Gasteiger partial charge >= 0.3 is 5.97 Å². The highest BCUT2D eigenvalue weighted by Crippen LogP contribution is 2.40. The van der Waals surface area contributed by atoms with Gasteiger partial charge < -0.3 is 20.1 Å². The smallest absolute Gasteiger partial charge is 0.309 e. The number of likely N-dealkylation sites (tertiary alicyclic amines) is 1. The Morgan fingerprint density at radius 1 is 1.41 bits per heavy atom. The fourth-order valence-corrected chi connectivity index (χ4v) is 4.60. The van der Waals surface area contributed by atoms with Crippen molar-refractivity contribution in [3.8, 4) is 0 Å². The van der Waals surface area contributed by atoms with Crippen LogP contribution in [0.5, 0.6) is 0 Å². The van der Waals surface area contributed by atoms with E-state index < -0.39 is 0 Å². The summed E-state index contributed by atoms with van der Waals surface area (Å²) in [5, 5.41) is 13.7. The fourth-order valence-electron chi connectivity index (χ4n) is 4.60. The van der Waals surface area contributed by atoms with Crippen LogP contribution in [-0.2, 0) is 14.3 Å². The van der Waals surface area contributed by atoms with Crippen LogP contribution in [0.4, 0.5) is 0 Å². The predicted molar refractivity (Wildman–Crippen MR) is 102 cm³/mol. The second-order valence-corrected chi connectivity index (χ2v) is 8.08. The van der Waals surface area contributed by atoms with Crippen LogP contribution >= 0.6 is 0 Å². The van der Waals surface area contributed by atoms with Crippen LogP contribution in [0.2, 0.25) is 0 Å². The van der Waals surface area contributed by atoms with E-state index in [4.69, 9.17) is 4.74 Å². The lowest BCUT2D eigenvalue weighted by Crippen LogP contribution is -2.48. The van der Waals surface area contributed by atoms with Crippen molar-refractivity contribution in [3.05, 3.63) is 12.8 Å². The van der Waals surface area contributed by atoms with Crippen LogP contribution in [0.1, 0.15) is 39.0 Å². The molecule has 0 aromatic carbocycles. The molecule has 2 N–H and O–H groups in total. The second-order valence-electron chi connectivity index (χ2n) is 8.08. The number of nitrogens with zero attached hydrogens (tertiary/aromatic N) is 2. The summed E-state index contributed by atoms with van der Waals surface area (Å²) < 4.78 is 5.17. The van der Waals surface area contributed by atoms with Gasteiger partial charge in [0.2, 0.25) is 0 Å². The number of β-amino-alcohol motifs (C(OH)–C–C–N with tert-alkyl or cyclic N) is 1. The van der Waals surface area contributed by atoms with Crippen molar-refractivity contribution in [1.29, 1.82) is 0 Å².